The molecule has 1 amide bonds. The zero-order chi connectivity index (χ0) is 21.3. The topological polar surface area (TPSA) is 93.2 Å². The fraction of sp³-hybridized carbons (Fsp3) is 0.273. The van der Waals surface area contributed by atoms with Crippen LogP contribution >= 0.6 is 12.2 Å². The van der Waals surface area contributed by atoms with Crippen LogP contribution < -0.4 is 10.9 Å². The summed E-state index contributed by atoms with van der Waals surface area (Å²) < 4.78 is 6.24. The SMILES string of the molecule is COC(=O)c1ccc2c(=O)n(-c3cccc(C(=O)NC4CCCC4)c3)c(=S)[nH]c2c1. The van der Waals surface area contributed by atoms with Crippen LogP contribution in [-0.2, 0) is 4.74 Å². The van der Waals surface area contributed by atoms with Crippen molar-refractivity contribution in [2.45, 2.75) is 31.7 Å². The highest BCUT2D eigenvalue weighted by atomic mass is 32.1. The lowest BCUT2D eigenvalue weighted by atomic mass is 10.1. The normalized spacial score (nSPS) is 14.0. The van der Waals surface area contributed by atoms with E-state index in [1.54, 1.807) is 30.3 Å². The Labute approximate surface area is 177 Å². The number of methoxy groups -OCH3 is 1. The molecule has 0 radical (unpaired) electrons. The van der Waals surface area contributed by atoms with Crippen molar-refractivity contribution in [1.82, 2.24) is 14.9 Å². The maximum Gasteiger partial charge on any atom is 0.337 e. The minimum Gasteiger partial charge on any atom is -0.465 e. The van der Waals surface area contributed by atoms with Gasteiger partial charge in [-0.1, -0.05) is 18.9 Å². The number of rotatable bonds is 4. The van der Waals surface area contributed by atoms with Gasteiger partial charge in [-0.25, -0.2) is 4.79 Å². The van der Waals surface area contributed by atoms with E-state index >= 15 is 0 Å². The van der Waals surface area contributed by atoms with E-state index in [0.29, 0.717) is 27.7 Å². The number of nitrogens with one attached hydrogen (secondary N) is 2. The van der Waals surface area contributed by atoms with Crippen molar-refractivity contribution in [3.8, 4) is 5.69 Å². The van der Waals surface area contributed by atoms with E-state index < -0.39 is 5.97 Å². The number of ether oxygens (including phenoxy) is 1. The summed E-state index contributed by atoms with van der Waals surface area (Å²) in [6, 6.07) is 11.7. The van der Waals surface area contributed by atoms with Gasteiger partial charge in [-0.05, 0) is 61.5 Å². The maximum atomic E-state index is 13.1. The van der Waals surface area contributed by atoms with Crippen LogP contribution in [-0.4, -0.2) is 34.6 Å². The highest BCUT2D eigenvalue weighted by Crippen LogP contribution is 2.19. The van der Waals surface area contributed by atoms with Crippen molar-refractivity contribution in [3.63, 3.8) is 0 Å². The largest absolute Gasteiger partial charge is 0.465 e. The Morgan fingerprint density at radius 2 is 1.90 bits per heavy atom. The summed E-state index contributed by atoms with van der Waals surface area (Å²) in [5, 5.41) is 3.42. The molecule has 154 valence electrons. The summed E-state index contributed by atoms with van der Waals surface area (Å²) in [6.07, 6.45) is 4.25. The lowest BCUT2D eigenvalue weighted by molar-refractivity contribution is 0.0600. The average molecular weight is 423 g/mol. The lowest BCUT2D eigenvalue weighted by Crippen LogP contribution is -2.32. The molecule has 2 aromatic carbocycles. The molecule has 1 heterocycles. The Morgan fingerprint density at radius 3 is 2.63 bits per heavy atom. The van der Waals surface area contributed by atoms with Gasteiger partial charge in [0, 0.05) is 11.6 Å². The molecule has 0 saturated heterocycles. The number of hydrogen-bond acceptors (Lipinski definition) is 5. The van der Waals surface area contributed by atoms with Crippen LogP contribution in [0.3, 0.4) is 0 Å². The zero-order valence-corrected chi connectivity index (χ0v) is 17.3. The number of hydrogen-bond donors (Lipinski definition) is 2. The first-order chi connectivity index (χ1) is 14.5. The summed E-state index contributed by atoms with van der Waals surface area (Å²) in [4.78, 5) is 40.5. The second-order valence-corrected chi connectivity index (χ2v) is 7.71. The smallest absolute Gasteiger partial charge is 0.337 e. The minimum absolute atomic E-state index is 0.157. The Bertz CT molecular complexity index is 1260. The van der Waals surface area contributed by atoms with Gasteiger partial charge in [0.1, 0.15) is 0 Å². The van der Waals surface area contributed by atoms with Gasteiger partial charge < -0.3 is 15.0 Å². The zero-order valence-electron chi connectivity index (χ0n) is 16.4. The van der Waals surface area contributed by atoms with Crippen molar-refractivity contribution >= 4 is 35.0 Å². The summed E-state index contributed by atoms with van der Waals surface area (Å²) >= 11 is 5.40. The molecule has 0 unspecified atom stereocenters. The number of H-pyrrole nitrogens is 1. The predicted molar refractivity (Wildman–Crippen MR) is 116 cm³/mol. The van der Waals surface area contributed by atoms with Gasteiger partial charge in [-0.2, -0.15) is 0 Å². The third-order valence-corrected chi connectivity index (χ3v) is 5.66. The number of fused-ring (bicyclic) bond motifs is 1. The summed E-state index contributed by atoms with van der Waals surface area (Å²) in [6.45, 7) is 0. The molecular formula is C22H21N3O4S. The van der Waals surface area contributed by atoms with Gasteiger partial charge in [0.05, 0.1) is 29.3 Å². The molecule has 0 bridgehead atoms. The van der Waals surface area contributed by atoms with Crippen molar-refractivity contribution in [1.29, 1.82) is 0 Å². The Morgan fingerprint density at radius 1 is 1.13 bits per heavy atom. The van der Waals surface area contributed by atoms with Crippen LogP contribution in [0.25, 0.3) is 16.6 Å². The van der Waals surface area contributed by atoms with E-state index in [-0.39, 0.29) is 22.3 Å². The van der Waals surface area contributed by atoms with Gasteiger partial charge in [-0.3, -0.25) is 14.2 Å². The molecule has 0 atom stereocenters. The Hall–Kier alpha value is -3.26. The Kier molecular flexibility index (Phi) is 5.50. The van der Waals surface area contributed by atoms with Crippen LogP contribution in [0.1, 0.15) is 46.4 Å². The molecule has 2 N–H and O–H groups in total. The van der Waals surface area contributed by atoms with E-state index in [1.165, 1.54) is 23.8 Å². The summed E-state index contributed by atoms with van der Waals surface area (Å²) in [7, 11) is 1.29. The molecule has 1 fully saturated rings. The van der Waals surface area contributed by atoms with Crippen LogP contribution in [0.2, 0.25) is 0 Å². The standard InChI is InChI=1S/C22H21N3O4S/c1-29-21(28)14-9-10-17-18(12-14)24-22(30)25(20(17)27)16-8-4-5-13(11-16)19(26)23-15-6-2-3-7-15/h4-5,8-12,15H,2-3,6-7H2,1H3,(H,23,26)(H,24,30). The van der Waals surface area contributed by atoms with Gasteiger partial charge in [-0.15, -0.1) is 0 Å². The fourth-order valence-corrected chi connectivity index (χ4v) is 4.12. The molecule has 1 aliphatic rings. The lowest BCUT2D eigenvalue weighted by Gasteiger charge is -2.13. The van der Waals surface area contributed by atoms with E-state index in [1.807, 2.05) is 0 Å². The maximum absolute atomic E-state index is 13.1. The van der Waals surface area contributed by atoms with Crippen LogP contribution in [0, 0.1) is 4.77 Å². The van der Waals surface area contributed by atoms with E-state index in [2.05, 4.69) is 10.3 Å². The molecule has 7 nitrogen and oxygen atoms in total. The first kappa shape index (κ1) is 20.0. The van der Waals surface area contributed by atoms with E-state index in [0.717, 1.165) is 25.7 Å². The van der Waals surface area contributed by atoms with Gasteiger partial charge in [0.25, 0.3) is 11.5 Å². The number of benzene rings is 2. The summed E-state index contributed by atoms with van der Waals surface area (Å²) in [5.74, 6) is -0.656. The number of carbonyl (C=O) groups is 2. The van der Waals surface area contributed by atoms with Crippen LogP contribution in [0.15, 0.2) is 47.3 Å². The van der Waals surface area contributed by atoms with Crippen molar-refractivity contribution in [2.75, 3.05) is 7.11 Å². The number of esters is 1. The van der Waals surface area contributed by atoms with Crippen molar-refractivity contribution in [3.05, 3.63) is 68.7 Å². The second kappa shape index (κ2) is 8.23. The second-order valence-electron chi connectivity index (χ2n) is 7.33. The molecule has 0 spiro atoms. The quantitative estimate of drug-likeness (QED) is 0.495. The number of aromatic nitrogens is 2. The highest BCUT2D eigenvalue weighted by Gasteiger charge is 2.18. The number of nitrogens with zero attached hydrogens (tertiary/aromatic N) is 1. The third kappa shape index (κ3) is 3.78. The molecule has 0 aliphatic heterocycles. The molecule has 8 heteroatoms. The summed E-state index contributed by atoms with van der Waals surface area (Å²) in [5.41, 5.74) is 1.40. The molecule has 1 saturated carbocycles. The van der Waals surface area contributed by atoms with Crippen molar-refractivity contribution in [2.24, 2.45) is 0 Å². The third-order valence-electron chi connectivity index (χ3n) is 5.38. The minimum atomic E-state index is -0.499. The molecule has 30 heavy (non-hydrogen) atoms. The monoisotopic (exact) mass is 423 g/mol. The van der Waals surface area contributed by atoms with E-state index in [4.69, 9.17) is 17.0 Å². The van der Waals surface area contributed by atoms with E-state index in [9.17, 15) is 14.4 Å². The Balaban J connectivity index is 1.74. The molecular weight excluding hydrogens is 402 g/mol. The molecule has 1 aliphatic carbocycles. The molecule has 3 aromatic rings. The van der Waals surface area contributed by atoms with Crippen LogP contribution in [0.5, 0.6) is 0 Å². The van der Waals surface area contributed by atoms with Gasteiger partial charge in [0.15, 0.2) is 4.77 Å². The molecule has 4 rings (SSSR count). The fourth-order valence-electron chi connectivity index (χ4n) is 3.82. The van der Waals surface area contributed by atoms with Gasteiger partial charge in [0.2, 0.25) is 0 Å². The average Bonchev–Trinajstić information content (AvgIpc) is 3.26. The predicted octanol–water partition coefficient (Wildman–Crippen LogP) is 3.51. The van der Waals surface area contributed by atoms with Crippen molar-refractivity contribution < 1.29 is 14.3 Å². The van der Waals surface area contributed by atoms with Gasteiger partial charge >= 0.3 is 5.97 Å². The highest BCUT2D eigenvalue weighted by molar-refractivity contribution is 7.71. The molecule has 1 aromatic heterocycles. The first-order valence-electron chi connectivity index (χ1n) is 9.76. The first-order valence-corrected chi connectivity index (χ1v) is 10.2. The van der Waals surface area contributed by atoms with Crippen LogP contribution in [0.4, 0.5) is 0 Å². The number of amides is 1. The number of aromatic amines is 1. The number of carbonyl (C=O) groups excluding carboxylic acids is 2.